The molecular formula is C27H30FN3O2S. The molecule has 0 amide bonds. The SMILES string of the molecule is O=[N+]([O-])c1ccc(CN2C[C@@H](CN3CCC(c4ccc(F)cc4)CC3)[C@H](c3ccsc3)C2)cc1. The van der Waals surface area contributed by atoms with Crippen molar-refractivity contribution in [3.05, 3.63) is 98.0 Å². The Kier molecular flexibility index (Phi) is 7.04. The lowest BCUT2D eigenvalue weighted by molar-refractivity contribution is -0.384. The minimum absolute atomic E-state index is 0.142. The van der Waals surface area contributed by atoms with E-state index in [1.54, 1.807) is 35.6 Å². The second-order valence-corrected chi connectivity index (χ2v) is 10.4. The molecule has 178 valence electrons. The zero-order valence-electron chi connectivity index (χ0n) is 19.2. The smallest absolute Gasteiger partial charge is 0.269 e. The summed E-state index contributed by atoms with van der Waals surface area (Å²) in [5.41, 5.74) is 3.95. The molecule has 0 unspecified atom stereocenters. The third-order valence-corrected chi connectivity index (χ3v) is 8.16. The summed E-state index contributed by atoms with van der Waals surface area (Å²) >= 11 is 1.76. The van der Waals surface area contributed by atoms with E-state index in [0.717, 1.165) is 57.7 Å². The molecule has 2 aliphatic heterocycles. The van der Waals surface area contributed by atoms with E-state index >= 15 is 0 Å². The molecule has 0 spiro atoms. The molecule has 1 aromatic heterocycles. The average Bonchev–Trinajstić information content (AvgIpc) is 3.51. The van der Waals surface area contributed by atoms with Gasteiger partial charge in [-0.3, -0.25) is 15.0 Å². The highest BCUT2D eigenvalue weighted by molar-refractivity contribution is 7.08. The Hall–Kier alpha value is -2.61. The van der Waals surface area contributed by atoms with Crippen LogP contribution in [0.15, 0.2) is 65.4 Å². The first-order valence-electron chi connectivity index (χ1n) is 12.0. The molecule has 3 aromatic rings. The largest absolute Gasteiger partial charge is 0.303 e. The first-order chi connectivity index (χ1) is 16.5. The summed E-state index contributed by atoms with van der Waals surface area (Å²) in [5, 5.41) is 15.4. The number of thiophene rings is 1. The molecule has 2 fully saturated rings. The van der Waals surface area contributed by atoms with Crippen molar-refractivity contribution in [2.45, 2.75) is 31.2 Å². The summed E-state index contributed by atoms with van der Waals surface area (Å²) in [6, 6.07) is 16.3. The van der Waals surface area contributed by atoms with Gasteiger partial charge in [0.1, 0.15) is 5.82 Å². The second kappa shape index (κ2) is 10.3. The maximum atomic E-state index is 13.3. The molecule has 3 heterocycles. The molecule has 5 rings (SSSR count). The van der Waals surface area contributed by atoms with Crippen molar-refractivity contribution in [1.29, 1.82) is 0 Å². The first-order valence-corrected chi connectivity index (χ1v) is 12.9. The van der Waals surface area contributed by atoms with Gasteiger partial charge in [-0.25, -0.2) is 4.39 Å². The van der Waals surface area contributed by atoms with Gasteiger partial charge in [-0.05, 0) is 83.4 Å². The van der Waals surface area contributed by atoms with Crippen molar-refractivity contribution in [3.8, 4) is 0 Å². The van der Waals surface area contributed by atoms with Gasteiger partial charge in [-0.15, -0.1) is 0 Å². The van der Waals surface area contributed by atoms with Crippen LogP contribution >= 0.6 is 11.3 Å². The normalized spacial score (nSPS) is 22.3. The topological polar surface area (TPSA) is 49.6 Å². The highest BCUT2D eigenvalue weighted by Gasteiger charge is 2.35. The van der Waals surface area contributed by atoms with Gasteiger partial charge in [0.05, 0.1) is 4.92 Å². The maximum Gasteiger partial charge on any atom is 0.269 e. The molecule has 7 heteroatoms. The van der Waals surface area contributed by atoms with Gasteiger partial charge in [0.25, 0.3) is 5.69 Å². The highest BCUT2D eigenvalue weighted by Crippen LogP contribution is 2.36. The number of benzene rings is 2. The standard InChI is InChI=1S/C27H30FN3O2S/c28-25-5-3-21(4-6-25)22-9-12-29(13-10-22)16-24-17-30(18-27(24)23-11-14-34-19-23)15-20-1-7-26(8-2-20)31(32)33/h1-8,11,14,19,22,24,27H,9-10,12-13,15-18H2/t24-,27+/m1/s1. The molecular weight excluding hydrogens is 449 g/mol. The number of likely N-dealkylation sites (tertiary alicyclic amines) is 2. The lowest BCUT2D eigenvalue weighted by Crippen LogP contribution is -2.38. The van der Waals surface area contributed by atoms with Crippen molar-refractivity contribution in [2.24, 2.45) is 5.92 Å². The van der Waals surface area contributed by atoms with Crippen molar-refractivity contribution < 1.29 is 9.31 Å². The second-order valence-electron chi connectivity index (χ2n) is 9.67. The van der Waals surface area contributed by atoms with Crippen LogP contribution in [0.3, 0.4) is 0 Å². The molecule has 0 aliphatic carbocycles. The number of halogens is 1. The number of hydrogen-bond acceptors (Lipinski definition) is 5. The Labute approximate surface area is 204 Å². The summed E-state index contributed by atoms with van der Waals surface area (Å²) < 4.78 is 13.3. The van der Waals surface area contributed by atoms with Gasteiger partial charge >= 0.3 is 0 Å². The van der Waals surface area contributed by atoms with Gasteiger partial charge in [-0.1, -0.05) is 24.3 Å². The van der Waals surface area contributed by atoms with Crippen LogP contribution in [-0.2, 0) is 6.54 Å². The van der Waals surface area contributed by atoms with Crippen LogP contribution in [-0.4, -0.2) is 47.4 Å². The lowest BCUT2D eigenvalue weighted by Gasteiger charge is -2.34. The molecule has 2 atom stereocenters. The summed E-state index contributed by atoms with van der Waals surface area (Å²) in [6.45, 7) is 6.13. The average molecular weight is 480 g/mol. The van der Waals surface area contributed by atoms with Gasteiger partial charge < -0.3 is 4.90 Å². The molecule has 0 radical (unpaired) electrons. The molecule has 34 heavy (non-hydrogen) atoms. The van der Waals surface area contributed by atoms with E-state index < -0.39 is 0 Å². The Morgan fingerprint density at radius 2 is 1.68 bits per heavy atom. The predicted octanol–water partition coefficient (Wildman–Crippen LogP) is 5.89. The van der Waals surface area contributed by atoms with E-state index in [2.05, 4.69) is 26.6 Å². The van der Waals surface area contributed by atoms with E-state index in [9.17, 15) is 14.5 Å². The van der Waals surface area contributed by atoms with Gasteiger partial charge in [0.2, 0.25) is 0 Å². The van der Waals surface area contributed by atoms with Crippen LogP contribution in [0.2, 0.25) is 0 Å². The predicted molar refractivity (Wildman–Crippen MR) is 134 cm³/mol. The Morgan fingerprint density at radius 1 is 0.941 bits per heavy atom. The van der Waals surface area contributed by atoms with Gasteiger partial charge in [-0.2, -0.15) is 11.3 Å². The van der Waals surface area contributed by atoms with Crippen LogP contribution in [0.1, 0.15) is 41.4 Å². The Balaban J connectivity index is 1.21. The zero-order chi connectivity index (χ0) is 23.5. The molecule has 2 saturated heterocycles. The molecule has 0 saturated carbocycles. The Bertz CT molecular complexity index is 1080. The number of hydrogen-bond donors (Lipinski definition) is 0. The number of piperidine rings is 1. The van der Waals surface area contributed by atoms with Crippen LogP contribution in [0.5, 0.6) is 0 Å². The van der Waals surface area contributed by atoms with Gasteiger partial charge in [0, 0.05) is 44.2 Å². The fourth-order valence-corrected chi connectivity index (χ4v) is 6.36. The van der Waals surface area contributed by atoms with Crippen molar-refractivity contribution in [3.63, 3.8) is 0 Å². The van der Waals surface area contributed by atoms with Crippen molar-refractivity contribution >= 4 is 17.0 Å². The molecule has 2 aliphatic rings. The maximum absolute atomic E-state index is 13.3. The first kappa shape index (κ1) is 23.1. The monoisotopic (exact) mass is 479 g/mol. The fourth-order valence-electron chi connectivity index (χ4n) is 5.64. The Morgan fingerprint density at radius 3 is 2.32 bits per heavy atom. The van der Waals surface area contributed by atoms with Crippen molar-refractivity contribution in [1.82, 2.24) is 9.80 Å². The number of nitrogens with zero attached hydrogens (tertiary/aromatic N) is 3. The van der Waals surface area contributed by atoms with Crippen LogP contribution in [0.4, 0.5) is 10.1 Å². The van der Waals surface area contributed by atoms with E-state index in [4.69, 9.17) is 0 Å². The minimum Gasteiger partial charge on any atom is -0.303 e. The summed E-state index contributed by atoms with van der Waals surface area (Å²) in [6.07, 6.45) is 2.24. The van der Waals surface area contributed by atoms with Crippen LogP contribution < -0.4 is 0 Å². The van der Waals surface area contributed by atoms with E-state index in [0.29, 0.717) is 17.8 Å². The lowest BCUT2D eigenvalue weighted by atomic mass is 9.87. The highest BCUT2D eigenvalue weighted by atomic mass is 32.1. The number of nitro groups is 1. The van der Waals surface area contributed by atoms with Crippen molar-refractivity contribution in [2.75, 3.05) is 32.7 Å². The van der Waals surface area contributed by atoms with Crippen LogP contribution in [0.25, 0.3) is 0 Å². The fraction of sp³-hybridized carbons (Fsp3) is 0.407. The van der Waals surface area contributed by atoms with E-state index in [-0.39, 0.29) is 16.4 Å². The third-order valence-electron chi connectivity index (χ3n) is 7.46. The summed E-state index contributed by atoms with van der Waals surface area (Å²) in [7, 11) is 0. The summed E-state index contributed by atoms with van der Waals surface area (Å²) in [4.78, 5) is 15.7. The minimum atomic E-state index is -0.346. The third kappa shape index (κ3) is 5.37. The number of rotatable bonds is 7. The van der Waals surface area contributed by atoms with E-state index in [1.165, 1.54) is 11.1 Å². The molecule has 0 bridgehead atoms. The molecule has 5 nitrogen and oxygen atoms in total. The van der Waals surface area contributed by atoms with Gasteiger partial charge in [0.15, 0.2) is 0 Å². The quantitative estimate of drug-likeness (QED) is 0.313. The van der Waals surface area contributed by atoms with Crippen LogP contribution in [0, 0.1) is 21.8 Å². The number of nitro benzene ring substituents is 1. The summed E-state index contributed by atoms with van der Waals surface area (Å²) in [5.74, 6) is 1.43. The number of non-ortho nitro benzene ring substituents is 1. The molecule has 0 N–H and O–H groups in total. The zero-order valence-corrected chi connectivity index (χ0v) is 20.0. The molecule has 2 aromatic carbocycles. The van der Waals surface area contributed by atoms with E-state index in [1.807, 2.05) is 24.3 Å².